The lowest BCUT2D eigenvalue weighted by Gasteiger charge is -2.10. The van der Waals surface area contributed by atoms with Gasteiger partial charge in [0.15, 0.2) is 5.78 Å². The first-order valence-electron chi connectivity index (χ1n) is 5.62. The van der Waals surface area contributed by atoms with E-state index in [2.05, 4.69) is 15.9 Å². The summed E-state index contributed by atoms with van der Waals surface area (Å²) in [5.74, 6) is -0.286. The number of ketones is 1. The lowest BCUT2D eigenvalue weighted by molar-refractivity contribution is 0.0747. The molecule has 0 radical (unpaired) electrons. The normalized spacial score (nSPS) is 12.2. The Kier molecular flexibility index (Phi) is 3.94. The number of aliphatic hydroxyl groups is 1. The molecule has 92 valence electrons. The zero-order chi connectivity index (χ0) is 13.1. The standard InChI is InChI=1S/C15H13BrO2/c1-10-2-4-11(5-3-10)14(17)15(18)12-6-8-13(16)9-7-12/h2-9,14,17H,1H3. The molecule has 0 saturated heterocycles. The van der Waals surface area contributed by atoms with E-state index in [1.807, 2.05) is 19.1 Å². The molecule has 1 unspecified atom stereocenters. The zero-order valence-electron chi connectivity index (χ0n) is 9.93. The summed E-state index contributed by atoms with van der Waals surface area (Å²) >= 11 is 3.31. The van der Waals surface area contributed by atoms with Crippen molar-refractivity contribution in [1.82, 2.24) is 0 Å². The summed E-state index contributed by atoms with van der Waals surface area (Å²) < 4.78 is 0.906. The molecule has 0 bridgehead atoms. The van der Waals surface area contributed by atoms with Crippen molar-refractivity contribution in [3.8, 4) is 0 Å². The van der Waals surface area contributed by atoms with Gasteiger partial charge in [0.1, 0.15) is 6.10 Å². The Morgan fingerprint density at radius 3 is 2.17 bits per heavy atom. The van der Waals surface area contributed by atoms with Gasteiger partial charge in [0.25, 0.3) is 0 Å². The van der Waals surface area contributed by atoms with Gasteiger partial charge in [0.2, 0.25) is 0 Å². The maximum absolute atomic E-state index is 12.1. The van der Waals surface area contributed by atoms with E-state index >= 15 is 0 Å². The summed E-state index contributed by atoms with van der Waals surface area (Å²) in [6.07, 6.45) is -1.10. The Morgan fingerprint density at radius 2 is 1.61 bits per heavy atom. The quantitative estimate of drug-likeness (QED) is 0.878. The van der Waals surface area contributed by atoms with E-state index in [1.165, 1.54) is 0 Å². The van der Waals surface area contributed by atoms with Crippen LogP contribution in [-0.4, -0.2) is 10.9 Å². The smallest absolute Gasteiger partial charge is 0.195 e. The van der Waals surface area contributed by atoms with Crippen molar-refractivity contribution in [3.05, 3.63) is 69.7 Å². The SMILES string of the molecule is Cc1ccc(C(O)C(=O)c2ccc(Br)cc2)cc1. The van der Waals surface area contributed by atoms with Gasteiger partial charge in [-0.3, -0.25) is 4.79 Å². The molecule has 0 spiro atoms. The van der Waals surface area contributed by atoms with Gasteiger partial charge < -0.3 is 5.11 Å². The molecule has 2 aromatic carbocycles. The second kappa shape index (κ2) is 5.46. The van der Waals surface area contributed by atoms with E-state index in [1.54, 1.807) is 36.4 Å². The zero-order valence-corrected chi connectivity index (χ0v) is 11.5. The third-order valence-electron chi connectivity index (χ3n) is 2.77. The number of hydrogen-bond acceptors (Lipinski definition) is 2. The molecule has 2 nitrogen and oxygen atoms in total. The summed E-state index contributed by atoms with van der Waals surface area (Å²) in [4.78, 5) is 12.1. The van der Waals surface area contributed by atoms with Crippen LogP contribution in [0.4, 0.5) is 0 Å². The third-order valence-corrected chi connectivity index (χ3v) is 3.30. The maximum atomic E-state index is 12.1. The van der Waals surface area contributed by atoms with Gasteiger partial charge in [-0.25, -0.2) is 0 Å². The second-order valence-electron chi connectivity index (χ2n) is 4.18. The first kappa shape index (κ1) is 13.0. The van der Waals surface area contributed by atoms with Crippen molar-refractivity contribution in [2.75, 3.05) is 0 Å². The Hall–Kier alpha value is -1.45. The highest BCUT2D eigenvalue weighted by atomic mass is 79.9. The highest BCUT2D eigenvalue weighted by Crippen LogP contribution is 2.20. The summed E-state index contributed by atoms with van der Waals surface area (Å²) in [7, 11) is 0. The van der Waals surface area contributed by atoms with Gasteiger partial charge in [0.05, 0.1) is 0 Å². The van der Waals surface area contributed by atoms with Crippen molar-refractivity contribution in [3.63, 3.8) is 0 Å². The van der Waals surface area contributed by atoms with E-state index in [0.29, 0.717) is 11.1 Å². The number of carbonyl (C=O) groups is 1. The Balaban J connectivity index is 2.23. The average molecular weight is 305 g/mol. The molecule has 0 aliphatic heterocycles. The van der Waals surface area contributed by atoms with E-state index < -0.39 is 6.10 Å². The molecule has 1 atom stereocenters. The molecule has 2 aromatic rings. The minimum absolute atomic E-state index is 0.286. The number of aliphatic hydroxyl groups excluding tert-OH is 1. The second-order valence-corrected chi connectivity index (χ2v) is 5.10. The van der Waals surface area contributed by atoms with Crippen LogP contribution in [0.2, 0.25) is 0 Å². The molecule has 0 fully saturated rings. The lowest BCUT2D eigenvalue weighted by atomic mass is 9.99. The van der Waals surface area contributed by atoms with Gasteiger partial charge in [-0.2, -0.15) is 0 Å². The highest BCUT2D eigenvalue weighted by Gasteiger charge is 2.18. The van der Waals surface area contributed by atoms with E-state index in [0.717, 1.165) is 10.0 Å². The molecule has 2 rings (SSSR count). The fraction of sp³-hybridized carbons (Fsp3) is 0.133. The van der Waals surface area contributed by atoms with E-state index in [9.17, 15) is 9.90 Å². The van der Waals surface area contributed by atoms with Gasteiger partial charge in [0, 0.05) is 10.0 Å². The van der Waals surface area contributed by atoms with Crippen molar-refractivity contribution in [1.29, 1.82) is 0 Å². The molecule has 0 aromatic heterocycles. The number of aryl methyl sites for hydroxylation is 1. The maximum Gasteiger partial charge on any atom is 0.195 e. The molecule has 3 heteroatoms. The summed E-state index contributed by atoms with van der Waals surface area (Å²) in [6, 6.07) is 14.3. The Bertz CT molecular complexity index is 544. The Morgan fingerprint density at radius 1 is 1.06 bits per heavy atom. The van der Waals surface area contributed by atoms with Gasteiger partial charge in [-0.05, 0) is 24.6 Å². The summed E-state index contributed by atoms with van der Waals surface area (Å²) in [5, 5.41) is 10.0. The molecule has 0 amide bonds. The number of Topliss-reactive ketones (excluding diaryl/α,β-unsaturated/α-hetero) is 1. The fourth-order valence-corrected chi connectivity index (χ4v) is 1.94. The fourth-order valence-electron chi connectivity index (χ4n) is 1.67. The Labute approximate surface area is 114 Å². The van der Waals surface area contributed by atoms with Crippen LogP contribution in [0, 0.1) is 6.92 Å². The van der Waals surface area contributed by atoms with Crippen LogP contribution >= 0.6 is 15.9 Å². The predicted octanol–water partition coefficient (Wildman–Crippen LogP) is 3.67. The molecule has 0 heterocycles. The van der Waals surface area contributed by atoms with Crippen molar-refractivity contribution < 1.29 is 9.90 Å². The lowest BCUT2D eigenvalue weighted by Crippen LogP contribution is -2.12. The van der Waals surface area contributed by atoms with Crippen LogP contribution in [0.15, 0.2) is 53.0 Å². The van der Waals surface area contributed by atoms with Gasteiger partial charge in [-0.1, -0.05) is 57.9 Å². The van der Waals surface area contributed by atoms with Crippen LogP contribution in [0.5, 0.6) is 0 Å². The average Bonchev–Trinajstić information content (AvgIpc) is 2.39. The van der Waals surface area contributed by atoms with Crippen LogP contribution in [0.25, 0.3) is 0 Å². The van der Waals surface area contributed by atoms with Crippen LogP contribution in [0.3, 0.4) is 0 Å². The first-order chi connectivity index (χ1) is 8.58. The minimum Gasteiger partial charge on any atom is -0.380 e. The molecular formula is C15H13BrO2. The first-order valence-corrected chi connectivity index (χ1v) is 6.41. The van der Waals surface area contributed by atoms with Crippen molar-refractivity contribution >= 4 is 21.7 Å². The highest BCUT2D eigenvalue weighted by molar-refractivity contribution is 9.10. The van der Waals surface area contributed by atoms with E-state index in [4.69, 9.17) is 0 Å². The van der Waals surface area contributed by atoms with E-state index in [-0.39, 0.29) is 5.78 Å². The monoisotopic (exact) mass is 304 g/mol. The van der Waals surface area contributed by atoms with Crippen molar-refractivity contribution in [2.45, 2.75) is 13.0 Å². The minimum atomic E-state index is -1.10. The molecular weight excluding hydrogens is 292 g/mol. The van der Waals surface area contributed by atoms with Crippen LogP contribution < -0.4 is 0 Å². The molecule has 18 heavy (non-hydrogen) atoms. The molecule has 0 aliphatic carbocycles. The van der Waals surface area contributed by atoms with Crippen LogP contribution in [-0.2, 0) is 0 Å². The molecule has 0 saturated carbocycles. The summed E-state index contributed by atoms with van der Waals surface area (Å²) in [6.45, 7) is 1.96. The molecule has 0 aliphatic rings. The third kappa shape index (κ3) is 2.86. The number of rotatable bonds is 3. The number of halogens is 1. The molecule has 1 N–H and O–H groups in total. The number of hydrogen-bond donors (Lipinski definition) is 1. The predicted molar refractivity (Wildman–Crippen MR) is 74.6 cm³/mol. The van der Waals surface area contributed by atoms with Gasteiger partial charge in [-0.15, -0.1) is 0 Å². The van der Waals surface area contributed by atoms with Gasteiger partial charge >= 0.3 is 0 Å². The van der Waals surface area contributed by atoms with Crippen molar-refractivity contribution in [2.24, 2.45) is 0 Å². The number of benzene rings is 2. The number of carbonyl (C=O) groups excluding carboxylic acids is 1. The summed E-state index contributed by atoms with van der Waals surface area (Å²) in [5.41, 5.74) is 2.22. The van der Waals surface area contributed by atoms with Crippen LogP contribution in [0.1, 0.15) is 27.6 Å². The largest absolute Gasteiger partial charge is 0.380 e. The topological polar surface area (TPSA) is 37.3 Å².